The molecule has 1 saturated heterocycles. The normalized spacial score (nSPS) is 18.9. The number of ether oxygens (including phenoxy) is 1. The summed E-state index contributed by atoms with van der Waals surface area (Å²) in [6.45, 7) is 2.68. The van der Waals surface area contributed by atoms with Crippen LogP contribution >= 0.6 is 0 Å². The molecule has 0 saturated carbocycles. The molecule has 1 aliphatic rings. The van der Waals surface area contributed by atoms with Crippen molar-refractivity contribution in [3.05, 3.63) is 81.7 Å². The van der Waals surface area contributed by atoms with Gasteiger partial charge in [-0.1, -0.05) is 6.07 Å². The summed E-state index contributed by atoms with van der Waals surface area (Å²) in [6.07, 6.45) is -3.41. The fraction of sp³-hybridized carbons (Fsp3) is 0.370. The van der Waals surface area contributed by atoms with Crippen molar-refractivity contribution in [3.63, 3.8) is 0 Å². The zero-order valence-corrected chi connectivity index (χ0v) is 21.9. The van der Waals surface area contributed by atoms with Gasteiger partial charge in [-0.2, -0.15) is 13.2 Å². The molecule has 14 heteroatoms. The number of aromatic amines is 1. The zero-order valence-electron chi connectivity index (χ0n) is 21.9. The van der Waals surface area contributed by atoms with Crippen LogP contribution in [0.3, 0.4) is 0 Å². The summed E-state index contributed by atoms with van der Waals surface area (Å²) in [5.41, 5.74) is 3.64. The predicted octanol–water partition coefficient (Wildman–Crippen LogP) is 5.02. The van der Waals surface area contributed by atoms with E-state index in [-0.39, 0.29) is 36.0 Å². The second kappa shape index (κ2) is 11.5. The van der Waals surface area contributed by atoms with Crippen LogP contribution in [0.25, 0.3) is 0 Å². The first-order valence-corrected chi connectivity index (χ1v) is 12.5. The highest BCUT2D eigenvalue weighted by atomic mass is 19.4. The summed E-state index contributed by atoms with van der Waals surface area (Å²) in [6, 6.07) is 4.52. The second-order valence-corrected chi connectivity index (χ2v) is 9.88. The lowest BCUT2D eigenvalue weighted by Crippen LogP contribution is -2.52. The van der Waals surface area contributed by atoms with E-state index < -0.39 is 59.4 Å². The van der Waals surface area contributed by atoms with Gasteiger partial charge in [0.1, 0.15) is 17.6 Å². The van der Waals surface area contributed by atoms with Crippen LogP contribution in [0.15, 0.2) is 53.6 Å². The second-order valence-electron chi connectivity index (χ2n) is 9.88. The number of rotatable bonds is 7. The van der Waals surface area contributed by atoms with Crippen molar-refractivity contribution in [1.29, 1.82) is 0 Å². The van der Waals surface area contributed by atoms with Crippen LogP contribution in [-0.2, 0) is 4.79 Å². The summed E-state index contributed by atoms with van der Waals surface area (Å²) < 4.78 is 88.7. The number of alkyl halides is 5. The number of likely N-dealkylation sites (tertiary alicyclic amines) is 1. The Morgan fingerprint density at radius 3 is 2.61 bits per heavy atom. The maximum absolute atomic E-state index is 14.9. The smallest absolute Gasteiger partial charge is 0.407 e. The van der Waals surface area contributed by atoms with Gasteiger partial charge in [0, 0.05) is 31.3 Å². The number of hydrogen-bond acceptors (Lipinski definition) is 6. The number of nitrogens with one attached hydrogen (secondary N) is 2. The number of nitrogens with two attached hydrogens (primary N) is 1. The molecule has 0 bridgehead atoms. The fourth-order valence-corrected chi connectivity index (χ4v) is 4.48. The van der Waals surface area contributed by atoms with E-state index in [0.29, 0.717) is 0 Å². The number of amides is 1. The highest BCUT2D eigenvalue weighted by molar-refractivity contribution is 5.93. The largest absolute Gasteiger partial charge is 0.453 e. The molecule has 4 rings (SSSR count). The van der Waals surface area contributed by atoms with Crippen molar-refractivity contribution in [3.8, 4) is 11.5 Å². The molecule has 1 aliphatic heterocycles. The molecule has 4 N–H and O–H groups in total. The minimum Gasteiger partial charge on any atom is -0.453 e. The Kier molecular flexibility index (Phi) is 8.45. The Morgan fingerprint density at radius 1 is 1.24 bits per heavy atom. The van der Waals surface area contributed by atoms with Gasteiger partial charge in [0.25, 0.3) is 11.5 Å². The summed E-state index contributed by atoms with van der Waals surface area (Å²) >= 11 is 0. The molecule has 220 valence electrons. The molecule has 3 atom stereocenters. The highest BCUT2D eigenvalue weighted by Gasteiger charge is 2.47. The minimum atomic E-state index is -4.95. The lowest BCUT2D eigenvalue weighted by Gasteiger charge is -2.40. The Balaban J connectivity index is 1.45. The van der Waals surface area contributed by atoms with Gasteiger partial charge in [-0.15, -0.1) is 0 Å². The molecule has 2 aromatic heterocycles. The zero-order chi connectivity index (χ0) is 30.1. The van der Waals surface area contributed by atoms with Crippen LogP contribution < -0.4 is 21.3 Å². The standard InChI is InChI=1S/C27H27F6N5O3/c1-14-3-5-21(20(28)9-14)41-17-4-6-22(35-12-17)37-24(39)15(2)38-8-7-26(29,30)19(13-38)16-10-18(25(40)36-11-16)23(34)27(31,32)33/h3-6,9-12,15,19,23H,7-8,13,34H2,1-2H3,(H,36,40)(H,35,37,39)/t15-,19+,23-/m0/s1. The number of aromatic nitrogens is 2. The van der Waals surface area contributed by atoms with Crippen molar-refractivity contribution in [2.75, 3.05) is 18.4 Å². The summed E-state index contributed by atoms with van der Waals surface area (Å²) in [7, 11) is 0. The molecule has 1 amide bonds. The number of H-pyrrole nitrogens is 1. The molecule has 0 spiro atoms. The number of nitrogens with zero attached hydrogens (tertiary/aromatic N) is 2. The third kappa shape index (κ3) is 6.88. The number of anilines is 1. The molecule has 0 unspecified atom stereocenters. The first-order chi connectivity index (χ1) is 19.2. The number of pyridine rings is 2. The summed E-state index contributed by atoms with van der Waals surface area (Å²) in [4.78, 5) is 32.5. The fourth-order valence-electron chi connectivity index (χ4n) is 4.48. The number of carbonyl (C=O) groups excluding carboxylic acids is 1. The van der Waals surface area contributed by atoms with E-state index in [1.807, 2.05) is 0 Å². The summed E-state index contributed by atoms with van der Waals surface area (Å²) in [5, 5.41) is 2.57. The van der Waals surface area contributed by atoms with Gasteiger partial charge in [-0.05, 0) is 55.3 Å². The molecular weight excluding hydrogens is 556 g/mol. The molecule has 3 heterocycles. The van der Waals surface area contributed by atoms with Crippen LogP contribution in [-0.4, -0.2) is 52.0 Å². The third-order valence-electron chi connectivity index (χ3n) is 6.93. The Bertz CT molecular complexity index is 1460. The molecule has 1 fully saturated rings. The van der Waals surface area contributed by atoms with Gasteiger partial charge < -0.3 is 20.8 Å². The van der Waals surface area contributed by atoms with Crippen LogP contribution in [0.1, 0.15) is 42.0 Å². The number of benzene rings is 1. The van der Waals surface area contributed by atoms with Gasteiger partial charge in [0.15, 0.2) is 11.6 Å². The van der Waals surface area contributed by atoms with Gasteiger partial charge in [0.2, 0.25) is 5.91 Å². The van der Waals surface area contributed by atoms with E-state index in [2.05, 4.69) is 15.3 Å². The van der Waals surface area contributed by atoms with Crippen LogP contribution in [0.5, 0.6) is 11.5 Å². The van der Waals surface area contributed by atoms with Crippen LogP contribution in [0.4, 0.5) is 32.2 Å². The van der Waals surface area contributed by atoms with Crippen molar-refractivity contribution in [2.24, 2.45) is 5.73 Å². The van der Waals surface area contributed by atoms with E-state index >= 15 is 0 Å². The maximum atomic E-state index is 14.9. The van der Waals surface area contributed by atoms with Crippen molar-refractivity contribution in [1.82, 2.24) is 14.9 Å². The SMILES string of the molecule is Cc1ccc(Oc2ccc(NC(=O)[C@H](C)N3CCC(F)(F)[C@@H](c4c[nH]c(=O)c([C@H](N)C(F)(F)F)c4)C3)nc2)c(F)c1. The van der Waals surface area contributed by atoms with Gasteiger partial charge >= 0.3 is 6.18 Å². The number of aryl methyl sites for hydroxylation is 1. The number of hydrogen-bond donors (Lipinski definition) is 3. The average Bonchev–Trinajstić information content (AvgIpc) is 2.90. The van der Waals surface area contributed by atoms with Crippen LogP contribution in [0.2, 0.25) is 0 Å². The van der Waals surface area contributed by atoms with E-state index in [1.54, 1.807) is 13.0 Å². The number of piperidine rings is 1. The molecule has 1 aromatic carbocycles. The Morgan fingerprint density at radius 2 is 1.98 bits per heavy atom. The van der Waals surface area contributed by atoms with Gasteiger partial charge in [0.05, 0.1) is 18.2 Å². The number of carbonyl (C=O) groups is 1. The first kappa shape index (κ1) is 30.1. The van der Waals surface area contributed by atoms with E-state index in [0.717, 1.165) is 17.8 Å². The minimum absolute atomic E-state index is 0.00531. The third-order valence-corrected chi connectivity index (χ3v) is 6.93. The summed E-state index contributed by atoms with van der Waals surface area (Å²) in [5.74, 6) is -5.72. The Hall–Kier alpha value is -3.91. The molecule has 8 nitrogen and oxygen atoms in total. The number of halogens is 6. The monoisotopic (exact) mass is 583 g/mol. The van der Waals surface area contributed by atoms with E-state index in [4.69, 9.17) is 10.5 Å². The van der Waals surface area contributed by atoms with Gasteiger partial charge in [-0.25, -0.2) is 18.2 Å². The van der Waals surface area contributed by atoms with Gasteiger partial charge in [-0.3, -0.25) is 14.5 Å². The first-order valence-electron chi connectivity index (χ1n) is 12.5. The van der Waals surface area contributed by atoms with E-state index in [1.165, 1.54) is 42.3 Å². The lowest BCUT2D eigenvalue weighted by atomic mass is 9.86. The quantitative estimate of drug-likeness (QED) is 0.337. The van der Waals surface area contributed by atoms with Crippen LogP contribution in [0, 0.1) is 12.7 Å². The van der Waals surface area contributed by atoms with Crippen molar-refractivity contribution < 1.29 is 35.9 Å². The average molecular weight is 584 g/mol. The molecule has 0 aliphatic carbocycles. The van der Waals surface area contributed by atoms with Crippen molar-refractivity contribution >= 4 is 11.7 Å². The topological polar surface area (TPSA) is 113 Å². The van der Waals surface area contributed by atoms with Crippen molar-refractivity contribution in [2.45, 2.75) is 50.4 Å². The molecular formula is C27H27F6N5O3. The maximum Gasteiger partial charge on any atom is 0.407 e. The lowest BCUT2D eigenvalue weighted by molar-refractivity contribution is -0.149. The highest BCUT2D eigenvalue weighted by Crippen LogP contribution is 2.41. The Labute approximate surface area is 230 Å². The van der Waals surface area contributed by atoms with E-state index in [9.17, 15) is 35.9 Å². The molecule has 3 aromatic rings. The molecule has 41 heavy (non-hydrogen) atoms. The predicted molar refractivity (Wildman–Crippen MR) is 137 cm³/mol. The molecule has 0 radical (unpaired) electrons.